The molecule has 0 atom stereocenters. The van der Waals surface area contributed by atoms with Gasteiger partial charge in [0.15, 0.2) is 0 Å². The molecule has 2 aromatic heterocycles. The summed E-state index contributed by atoms with van der Waals surface area (Å²) in [5, 5.41) is 14.3. The summed E-state index contributed by atoms with van der Waals surface area (Å²) in [4.78, 5) is 16.1. The van der Waals surface area contributed by atoms with E-state index in [-0.39, 0.29) is 12.4 Å². The molecule has 0 aliphatic carbocycles. The molecule has 0 fully saturated rings. The van der Waals surface area contributed by atoms with Gasteiger partial charge in [-0.15, -0.1) is 0 Å². The molecule has 0 saturated heterocycles. The fourth-order valence-corrected chi connectivity index (χ4v) is 3.13. The minimum atomic E-state index is -0.439. The second-order valence-electron chi connectivity index (χ2n) is 6.32. The Morgan fingerprint density at radius 2 is 2.11 bits per heavy atom. The van der Waals surface area contributed by atoms with E-state index in [2.05, 4.69) is 10.1 Å². The third kappa shape index (κ3) is 4.31. The number of methoxy groups -OCH3 is 1. The number of hydrogen-bond acceptors (Lipinski definition) is 5. The zero-order valence-corrected chi connectivity index (χ0v) is 15.2. The van der Waals surface area contributed by atoms with Gasteiger partial charge in [0.1, 0.15) is 5.82 Å². The number of esters is 1. The number of pyridine rings is 1. The van der Waals surface area contributed by atoms with Gasteiger partial charge < -0.3 is 9.84 Å². The predicted molar refractivity (Wildman–Crippen MR) is 99.0 cm³/mol. The van der Waals surface area contributed by atoms with E-state index in [0.717, 1.165) is 30.2 Å². The first kappa shape index (κ1) is 19.0. The van der Waals surface area contributed by atoms with E-state index in [1.807, 2.05) is 4.68 Å². The summed E-state index contributed by atoms with van der Waals surface area (Å²) in [6.45, 7) is 0.854. The number of ether oxygens (including phenoxy) is 1. The average molecular weight is 371 g/mol. The van der Waals surface area contributed by atoms with Crippen LogP contribution < -0.4 is 0 Å². The van der Waals surface area contributed by atoms with Gasteiger partial charge in [0.2, 0.25) is 0 Å². The Balaban J connectivity index is 1.95. The summed E-state index contributed by atoms with van der Waals surface area (Å²) in [5.41, 5.74) is 2.64. The summed E-state index contributed by atoms with van der Waals surface area (Å²) in [6, 6.07) is 6.21. The first-order chi connectivity index (χ1) is 13.1. The summed E-state index contributed by atoms with van der Waals surface area (Å²) < 4.78 is 20.5. The molecule has 3 rings (SSSR count). The van der Waals surface area contributed by atoms with Crippen molar-refractivity contribution in [2.24, 2.45) is 0 Å². The molecule has 0 aliphatic heterocycles. The molecule has 6 nitrogen and oxygen atoms in total. The second-order valence-corrected chi connectivity index (χ2v) is 6.32. The number of rotatable bonds is 8. The summed E-state index contributed by atoms with van der Waals surface area (Å²) in [5.74, 6) is -0.769. The van der Waals surface area contributed by atoms with Gasteiger partial charge in [-0.05, 0) is 49.1 Å². The van der Waals surface area contributed by atoms with Crippen LogP contribution >= 0.6 is 0 Å². The maximum absolute atomic E-state index is 13.8. The zero-order chi connectivity index (χ0) is 19.2. The first-order valence-corrected chi connectivity index (χ1v) is 8.91. The van der Waals surface area contributed by atoms with Gasteiger partial charge in [-0.25, -0.2) is 9.18 Å². The number of carbonyl (C=O) groups is 1. The lowest BCUT2D eigenvalue weighted by Gasteiger charge is -2.06. The summed E-state index contributed by atoms with van der Waals surface area (Å²) in [6.07, 6.45) is 6.00. The van der Waals surface area contributed by atoms with Crippen LogP contribution in [0.5, 0.6) is 0 Å². The number of carbonyl (C=O) groups excluding carboxylic acids is 1. The number of hydrogen-bond donors (Lipinski definition) is 1. The highest BCUT2D eigenvalue weighted by molar-refractivity contribution is 5.91. The van der Waals surface area contributed by atoms with Gasteiger partial charge in [-0.2, -0.15) is 5.10 Å². The molecule has 0 amide bonds. The molecule has 27 heavy (non-hydrogen) atoms. The lowest BCUT2D eigenvalue weighted by molar-refractivity contribution is 0.0599. The molecule has 1 aromatic carbocycles. The van der Waals surface area contributed by atoms with E-state index >= 15 is 0 Å². The van der Waals surface area contributed by atoms with E-state index in [1.54, 1.807) is 18.3 Å². The predicted octanol–water partition coefficient (Wildman–Crippen LogP) is 3.11. The van der Waals surface area contributed by atoms with Crippen LogP contribution in [0.25, 0.3) is 10.9 Å². The number of aliphatic hydroxyl groups is 1. The van der Waals surface area contributed by atoms with Crippen LogP contribution in [0.15, 0.2) is 36.7 Å². The molecule has 0 saturated carbocycles. The molecule has 0 unspecified atom stereocenters. The van der Waals surface area contributed by atoms with Crippen LogP contribution in [-0.2, 0) is 17.7 Å². The quantitative estimate of drug-likeness (QED) is 0.486. The molecule has 0 aliphatic rings. The van der Waals surface area contributed by atoms with Crippen LogP contribution in [0.1, 0.15) is 40.9 Å². The summed E-state index contributed by atoms with van der Waals surface area (Å²) >= 11 is 0. The number of aliphatic hydroxyl groups excluding tert-OH is 1. The highest BCUT2D eigenvalue weighted by atomic mass is 19.1. The molecule has 0 bridgehead atoms. The fourth-order valence-electron chi connectivity index (χ4n) is 3.13. The maximum atomic E-state index is 13.8. The fraction of sp³-hybridized carbons (Fsp3) is 0.350. The van der Waals surface area contributed by atoms with E-state index in [0.29, 0.717) is 29.8 Å². The standard InChI is InChI=1S/C20H22FN3O3/c1-27-20(26)16-7-8-22-13-14(16)11-18-17-12-15(21)5-6-19(17)24(23-18)9-3-2-4-10-25/h5-8,12-13,25H,2-4,9-11H2,1H3. The monoisotopic (exact) mass is 371 g/mol. The van der Waals surface area contributed by atoms with Crippen LogP contribution in [0, 0.1) is 5.82 Å². The van der Waals surface area contributed by atoms with Gasteiger partial charge in [-0.1, -0.05) is 0 Å². The van der Waals surface area contributed by atoms with Crippen LogP contribution in [0.2, 0.25) is 0 Å². The van der Waals surface area contributed by atoms with Crippen LogP contribution in [0.3, 0.4) is 0 Å². The highest BCUT2D eigenvalue weighted by Gasteiger charge is 2.17. The van der Waals surface area contributed by atoms with Crippen molar-refractivity contribution in [3.8, 4) is 0 Å². The number of nitrogens with zero attached hydrogens (tertiary/aromatic N) is 3. The van der Waals surface area contributed by atoms with Gasteiger partial charge in [0.05, 0.1) is 23.9 Å². The molecule has 7 heteroatoms. The third-order valence-corrected chi connectivity index (χ3v) is 4.48. The highest BCUT2D eigenvalue weighted by Crippen LogP contribution is 2.24. The Morgan fingerprint density at radius 1 is 1.26 bits per heavy atom. The molecule has 1 N–H and O–H groups in total. The Labute approximate surface area is 156 Å². The normalized spacial score (nSPS) is 11.1. The van der Waals surface area contributed by atoms with Crippen LogP contribution in [0.4, 0.5) is 4.39 Å². The first-order valence-electron chi connectivity index (χ1n) is 8.91. The van der Waals surface area contributed by atoms with Crippen LogP contribution in [-0.4, -0.2) is 39.6 Å². The zero-order valence-electron chi connectivity index (χ0n) is 15.2. The average Bonchev–Trinajstić information content (AvgIpc) is 3.01. The molecule has 142 valence electrons. The number of aryl methyl sites for hydroxylation is 1. The van der Waals surface area contributed by atoms with Gasteiger partial charge in [0, 0.05) is 37.4 Å². The number of fused-ring (bicyclic) bond motifs is 1. The van der Waals surface area contributed by atoms with Crippen molar-refractivity contribution < 1.29 is 19.0 Å². The van der Waals surface area contributed by atoms with E-state index in [9.17, 15) is 9.18 Å². The number of aromatic nitrogens is 3. The van der Waals surface area contributed by atoms with Crippen molar-refractivity contribution in [1.29, 1.82) is 0 Å². The lowest BCUT2D eigenvalue weighted by Crippen LogP contribution is -2.07. The number of halogens is 1. The number of unbranched alkanes of at least 4 members (excludes halogenated alkanes) is 2. The third-order valence-electron chi connectivity index (χ3n) is 4.48. The van der Waals surface area contributed by atoms with Gasteiger partial charge >= 0.3 is 5.97 Å². The van der Waals surface area contributed by atoms with Crippen molar-refractivity contribution in [3.05, 3.63) is 59.3 Å². The van der Waals surface area contributed by atoms with Crippen molar-refractivity contribution in [2.75, 3.05) is 13.7 Å². The van der Waals surface area contributed by atoms with Gasteiger partial charge in [0.25, 0.3) is 0 Å². The molecular weight excluding hydrogens is 349 g/mol. The van der Waals surface area contributed by atoms with E-state index < -0.39 is 5.97 Å². The lowest BCUT2D eigenvalue weighted by atomic mass is 10.0. The van der Waals surface area contributed by atoms with Crippen molar-refractivity contribution in [1.82, 2.24) is 14.8 Å². The Morgan fingerprint density at radius 3 is 2.89 bits per heavy atom. The second kappa shape index (κ2) is 8.73. The molecule has 3 aromatic rings. The largest absolute Gasteiger partial charge is 0.465 e. The SMILES string of the molecule is COC(=O)c1ccncc1Cc1nn(CCCCCO)c2ccc(F)cc12. The van der Waals surface area contributed by atoms with Gasteiger partial charge in [-0.3, -0.25) is 9.67 Å². The smallest absolute Gasteiger partial charge is 0.338 e. The Bertz CT molecular complexity index is 939. The van der Waals surface area contributed by atoms with Crippen molar-refractivity contribution in [2.45, 2.75) is 32.2 Å². The molecule has 0 radical (unpaired) electrons. The number of benzene rings is 1. The maximum Gasteiger partial charge on any atom is 0.338 e. The molecular formula is C20H22FN3O3. The minimum absolute atomic E-state index is 0.174. The summed E-state index contributed by atoms with van der Waals surface area (Å²) in [7, 11) is 1.33. The minimum Gasteiger partial charge on any atom is -0.465 e. The molecule has 0 spiro atoms. The van der Waals surface area contributed by atoms with E-state index in [1.165, 1.54) is 25.4 Å². The topological polar surface area (TPSA) is 77.2 Å². The Kier molecular flexibility index (Phi) is 6.13. The van der Waals surface area contributed by atoms with Crippen molar-refractivity contribution >= 4 is 16.9 Å². The molecule has 2 heterocycles. The Hall–Kier alpha value is -2.80. The van der Waals surface area contributed by atoms with E-state index in [4.69, 9.17) is 9.84 Å². The van der Waals surface area contributed by atoms with Crippen molar-refractivity contribution in [3.63, 3.8) is 0 Å².